The predicted octanol–water partition coefficient (Wildman–Crippen LogP) is 1.42. The van der Waals surface area contributed by atoms with Crippen LogP contribution in [0.2, 0.25) is 0 Å². The Morgan fingerprint density at radius 1 is 1.40 bits per heavy atom. The molecule has 0 saturated heterocycles. The first-order valence-corrected chi connectivity index (χ1v) is 3.21. The summed E-state index contributed by atoms with van der Waals surface area (Å²) in [5, 5.41) is 8.31. The molecule has 0 aliphatic heterocycles. The van der Waals surface area contributed by atoms with E-state index in [1.165, 1.54) is 0 Å². The van der Waals surface area contributed by atoms with Crippen LogP contribution in [0.5, 0.6) is 0 Å². The van der Waals surface area contributed by atoms with Gasteiger partial charge in [-0.1, -0.05) is 6.42 Å². The first-order chi connectivity index (χ1) is 4.79. The average Bonchev–Trinajstić information content (AvgIpc) is 2.34. The maximum absolute atomic E-state index is 10.1. The minimum Gasteiger partial charge on any atom is -0.481 e. The number of aliphatic carboxylic acids is 1. The van der Waals surface area contributed by atoms with E-state index in [0.29, 0.717) is 6.42 Å². The minimum atomic E-state index is -0.735. The Morgan fingerprint density at radius 2 is 2.00 bits per heavy atom. The zero-order valence-electron chi connectivity index (χ0n) is 5.58. The van der Waals surface area contributed by atoms with Gasteiger partial charge in [0.15, 0.2) is 0 Å². The highest BCUT2D eigenvalue weighted by Crippen LogP contribution is 2.02. The molecule has 0 heterocycles. The summed E-state index contributed by atoms with van der Waals surface area (Å²) in [5.74, 6) is -0.735. The molecule has 0 radical (unpaired) electrons. The van der Waals surface area contributed by atoms with Crippen molar-refractivity contribution in [2.45, 2.75) is 12.8 Å². The second-order valence-electron chi connectivity index (χ2n) is 2.19. The molecule has 0 amide bonds. The van der Waals surface area contributed by atoms with E-state index in [1.54, 1.807) is 0 Å². The van der Waals surface area contributed by atoms with Crippen molar-refractivity contribution < 1.29 is 9.90 Å². The zero-order chi connectivity index (χ0) is 7.40. The topological polar surface area (TPSA) is 37.3 Å². The van der Waals surface area contributed by atoms with Crippen LogP contribution >= 0.6 is 0 Å². The van der Waals surface area contributed by atoms with Gasteiger partial charge < -0.3 is 5.11 Å². The predicted molar refractivity (Wildman–Crippen MR) is 38.0 cm³/mol. The van der Waals surface area contributed by atoms with Crippen LogP contribution in [0.1, 0.15) is 12.0 Å². The first-order valence-electron chi connectivity index (χ1n) is 3.21. The summed E-state index contributed by atoms with van der Waals surface area (Å²) in [6.45, 7) is 0. The number of hydrogen-bond acceptors (Lipinski definition) is 1. The highest BCUT2D eigenvalue weighted by atomic mass is 16.4. The Morgan fingerprint density at radius 3 is 2.50 bits per heavy atom. The van der Waals surface area contributed by atoms with Crippen LogP contribution in [0.4, 0.5) is 0 Å². The van der Waals surface area contributed by atoms with E-state index in [2.05, 4.69) is 0 Å². The molecule has 0 aliphatic carbocycles. The summed E-state index contributed by atoms with van der Waals surface area (Å²) in [5.41, 5.74) is 1.10. The molecule has 1 aromatic rings. The fraction of sp³-hybridized carbons (Fsp3) is 0.250. The molecule has 54 valence electrons. The van der Waals surface area contributed by atoms with Crippen LogP contribution in [0, 0.1) is 0 Å². The Kier molecular flexibility index (Phi) is 2.15. The second kappa shape index (κ2) is 3.11. The summed E-state index contributed by atoms with van der Waals surface area (Å²) < 4.78 is 0. The molecule has 1 rings (SSSR count). The van der Waals surface area contributed by atoms with Gasteiger partial charge in [0.2, 0.25) is 0 Å². The average molecular weight is 137 g/mol. The van der Waals surface area contributed by atoms with Gasteiger partial charge in [-0.2, -0.15) is 17.7 Å². The molecular formula is C8H9O2-. The number of carbonyl (C=O) groups is 1. The standard InChI is InChI=1S/C8H9O2/c9-8(10)6-5-7-3-1-2-4-7/h1-4H,5-6H2,(H,9,10)/q-1. The highest BCUT2D eigenvalue weighted by molar-refractivity contribution is 5.67. The minimum absolute atomic E-state index is 0.226. The molecule has 1 N–H and O–H groups in total. The Balaban J connectivity index is 2.35. The van der Waals surface area contributed by atoms with Gasteiger partial charge in [-0.25, -0.2) is 12.1 Å². The van der Waals surface area contributed by atoms with Gasteiger partial charge in [0.05, 0.1) is 0 Å². The lowest BCUT2D eigenvalue weighted by Crippen LogP contribution is -1.95. The molecular weight excluding hydrogens is 128 g/mol. The number of hydrogen-bond donors (Lipinski definition) is 1. The lowest BCUT2D eigenvalue weighted by Gasteiger charge is -1.96. The molecule has 0 atom stereocenters. The molecule has 2 nitrogen and oxygen atoms in total. The maximum Gasteiger partial charge on any atom is 0.302 e. The van der Waals surface area contributed by atoms with Crippen LogP contribution in [-0.4, -0.2) is 11.1 Å². The summed E-state index contributed by atoms with van der Waals surface area (Å²) in [6.07, 6.45) is 0.867. The number of carboxylic acid groups (broad SMARTS) is 1. The molecule has 1 aromatic carbocycles. The number of aryl methyl sites for hydroxylation is 1. The van der Waals surface area contributed by atoms with Crippen LogP contribution in [0.3, 0.4) is 0 Å². The third-order valence-electron chi connectivity index (χ3n) is 1.36. The summed E-state index contributed by atoms with van der Waals surface area (Å²) in [7, 11) is 0. The number of rotatable bonds is 3. The quantitative estimate of drug-likeness (QED) is 0.640. The van der Waals surface area contributed by atoms with Crippen molar-refractivity contribution in [3.05, 3.63) is 29.8 Å². The van der Waals surface area contributed by atoms with Gasteiger partial charge in [-0.15, -0.1) is 0 Å². The van der Waals surface area contributed by atoms with Gasteiger partial charge >= 0.3 is 5.97 Å². The molecule has 10 heavy (non-hydrogen) atoms. The van der Waals surface area contributed by atoms with E-state index in [4.69, 9.17) is 5.11 Å². The van der Waals surface area contributed by atoms with Gasteiger partial charge in [0, 0.05) is 6.42 Å². The van der Waals surface area contributed by atoms with Crippen molar-refractivity contribution in [1.29, 1.82) is 0 Å². The zero-order valence-corrected chi connectivity index (χ0v) is 5.58. The van der Waals surface area contributed by atoms with Gasteiger partial charge in [0.1, 0.15) is 0 Å². The van der Waals surface area contributed by atoms with E-state index >= 15 is 0 Å². The smallest absolute Gasteiger partial charge is 0.302 e. The van der Waals surface area contributed by atoms with Crippen molar-refractivity contribution in [3.8, 4) is 0 Å². The second-order valence-corrected chi connectivity index (χ2v) is 2.19. The summed E-state index contributed by atoms with van der Waals surface area (Å²) in [6, 6.07) is 7.69. The van der Waals surface area contributed by atoms with E-state index in [1.807, 2.05) is 24.3 Å². The molecule has 0 bridgehead atoms. The van der Waals surface area contributed by atoms with Gasteiger partial charge in [0.25, 0.3) is 0 Å². The van der Waals surface area contributed by atoms with Gasteiger partial charge in [-0.3, -0.25) is 4.79 Å². The van der Waals surface area contributed by atoms with Gasteiger partial charge in [-0.05, 0) is 0 Å². The molecule has 0 saturated carbocycles. The fourth-order valence-corrected chi connectivity index (χ4v) is 0.832. The van der Waals surface area contributed by atoms with E-state index < -0.39 is 5.97 Å². The fourth-order valence-electron chi connectivity index (χ4n) is 0.832. The van der Waals surface area contributed by atoms with E-state index in [-0.39, 0.29) is 6.42 Å². The first kappa shape index (κ1) is 6.93. The molecule has 0 fully saturated rings. The summed E-state index contributed by atoms with van der Waals surface area (Å²) in [4.78, 5) is 10.1. The maximum atomic E-state index is 10.1. The number of carboxylic acids is 1. The third kappa shape index (κ3) is 1.97. The van der Waals surface area contributed by atoms with Crippen LogP contribution in [0.15, 0.2) is 24.3 Å². The molecule has 0 spiro atoms. The summed E-state index contributed by atoms with van der Waals surface area (Å²) >= 11 is 0. The molecule has 0 aliphatic rings. The van der Waals surface area contributed by atoms with Crippen LogP contribution in [-0.2, 0) is 11.2 Å². The largest absolute Gasteiger partial charge is 0.481 e. The van der Waals surface area contributed by atoms with E-state index in [0.717, 1.165) is 5.56 Å². The lowest BCUT2D eigenvalue weighted by atomic mass is 10.2. The van der Waals surface area contributed by atoms with E-state index in [9.17, 15) is 4.79 Å². The van der Waals surface area contributed by atoms with Crippen LogP contribution < -0.4 is 0 Å². The Bertz CT molecular complexity index is 199. The normalized spacial score (nSPS) is 9.60. The van der Waals surface area contributed by atoms with Crippen molar-refractivity contribution in [3.63, 3.8) is 0 Å². The van der Waals surface area contributed by atoms with Crippen molar-refractivity contribution in [2.24, 2.45) is 0 Å². The highest BCUT2D eigenvalue weighted by Gasteiger charge is 1.92. The Labute approximate surface area is 59.5 Å². The molecule has 2 heteroatoms. The third-order valence-corrected chi connectivity index (χ3v) is 1.36. The van der Waals surface area contributed by atoms with Crippen LogP contribution in [0.25, 0.3) is 0 Å². The molecule has 0 unspecified atom stereocenters. The van der Waals surface area contributed by atoms with Crippen molar-refractivity contribution in [2.75, 3.05) is 0 Å². The lowest BCUT2D eigenvalue weighted by molar-refractivity contribution is -0.136. The monoisotopic (exact) mass is 137 g/mol. The Hall–Kier alpha value is -1.18. The van der Waals surface area contributed by atoms with Crippen molar-refractivity contribution in [1.82, 2.24) is 0 Å². The SMILES string of the molecule is O=C(O)CC[c-]1cccc1. The molecule has 0 aromatic heterocycles. The van der Waals surface area contributed by atoms with Crippen molar-refractivity contribution >= 4 is 5.97 Å².